The van der Waals surface area contributed by atoms with Gasteiger partial charge in [0.15, 0.2) is 0 Å². The van der Waals surface area contributed by atoms with Crippen LogP contribution in [0.15, 0.2) is 85.0 Å². The van der Waals surface area contributed by atoms with Gasteiger partial charge in [0.2, 0.25) is 10.2 Å². The number of thioether (sulfide) groups is 2. The molecule has 6 heteroatoms. The molecule has 150 valence electrons. The van der Waals surface area contributed by atoms with Crippen molar-refractivity contribution in [2.24, 2.45) is 0 Å². The van der Waals surface area contributed by atoms with Gasteiger partial charge in [-0.25, -0.2) is 0 Å². The SMILES string of the molecule is C=CC(=O)SCCOc1ccc(-c2ccc(O/C=C\SC(=O)C(=C)C)cc2)cc1. The number of hydrogen-bond donors (Lipinski definition) is 0. The Morgan fingerprint density at radius 1 is 1.00 bits per heavy atom. The summed E-state index contributed by atoms with van der Waals surface area (Å²) < 4.78 is 11.1. The van der Waals surface area contributed by atoms with Crippen LogP contribution in [-0.2, 0) is 9.59 Å². The van der Waals surface area contributed by atoms with Crippen molar-refractivity contribution in [3.8, 4) is 22.6 Å². The molecule has 2 aromatic rings. The first-order valence-electron chi connectivity index (χ1n) is 8.80. The maximum Gasteiger partial charge on any atom is 0.218 e. The standard InChI is InChI=1S/C23H22O4S2/c1-4-22(24)28-15-13-26-20-9-5-18(6-10-20)19-7-11-21(12-8-19)27-14-16-29-23(25)17(2)3/h4-12,14,16H,1-2,13,15H2,3H3/b16-14-. The zero-order valence-corrected chi connectivity index (χ0v) is 17.8. The van der Waals surface area contributed by atoms with Gasteiger partial charge in [-0.1, -0.05) is 60.9 Å². The van der Waals surface area contributed by atoms with Crippen molar-refractivity contribution in [3.05, 3.63) is 85.0 Å². The third-order valence-electron chi connectivity index (χ3n) is 3.59. The molecular formula is C23H22O4S2. The lowest BCUT2D eigenvalue weighted by Crippen LogP contribution is -2.01. The van der Waals surface area contributed by atoms with Gasteiger partial charge in [0, 0.05) is 11.2 Å². The van der Waals surface area contributed by atoms with Gasteiger partial charge < -0.3 is 9.47 Å². The van der Waals surface area contributed by atoms with Crippen LogP contribution < -0.4 is 9.47 Å². The summed E-state index contributed by atoms with van der Waals surface area (Å²) in [6.45, 7) is 9.16. The van der Waals surface area contributed by atoms with E-state index < -0.39 is 0 Å². The maximum atomic E-state index is 11.4. The van der Waals surface area contributed by atoms with E-state index in [9.17, 15) is 9.59 Å². The summed E-state index contributed by atoms with van der Waals surface area (Å²) in [7, 11) is 0. The molecule has 0 saturated carbocycles. The quantitative estimate of drug-likeness (QED) is 0.269. The second kappa shape index (κ2) is 12.0. The highest BCUT2D eigenvalue weighted by Crippen LogP contribution is 2.25. The molecule has 0 heterocycles. The predicted molar refractivity (Wildman–Crippen MR) is 122 cm³/mol. The van der Waals surface area contributed by atoms with Gasteiger partial charge in [0.05, 0.1) is 12.9 Å². The van der Waals surface area contributed by atoms with E-state index in [0.29, 0.717) is 23.7 Å². The highest BCUT2D eigenvalue weighted by atomic mass is 32.2. The molecule has 0 atom stereocenters. The molecular weight excluding hydrogens is 404 g/mol. The molecule has 0 amide bonds. The molecule has 0 bridgehead atoms. The van der Waals surface area contributed by atoms with Crippen molar-refractivity contribution in [1.29, 1.82) is 0 Å². The minimum atomic E-state index is -0.0865. The summed E-state index contributed by atoms with van der Waals surface area (Å²) in [5.74, 6) is 2.02. The molecule has 0 N–H and O–H groups in total. The number of hydrogen-bond acceptors (Lipinski definition) is 6. The molecule has 4 nitrogen and oxygen atoms in total. The minimum absolute atomic E-state index is 0.0500. The van der Waals surface area contributed by atoms with Crippen molar-refractivity contribution in [2.75, 3.05) is 12.4 Å². The lowest BCUT2D eigenvalue weighted by Gasteiger charge is -2.07. The topological polar surface area (TPSA) is 52.6 Å². The molecule has 29 heavy (non-hydrogen) atoms. The van der Waals surface area contributed by atoms with Crippen LogP contribution in [0.1, 0.15) is 6.92 Å². The summed E-state index contributed by atoms with van der Waals surface area (Å²) in [5.41, 5.74) is 2.60. The lowest BCUT2D eigenvalue weighted by atomic mass is 10.1. The van der Waals surface area contributed by atoms with Crippen LogP contribution in [0.4, 0.5) is 0 Å². The van der Waals surface area contributed by atoms with E-state index in [1.54, 1.807) is 12.3 Å². The summed E-state index contributed by atoms with van der Waals surface area (Å²) in [5, 5.41) is 1.46. The Balaban J connectivity index is 1.84. The first kappa shape index (κ1) is 22.6. The Kier molecular flexibility index (Phi) is 9.34. The number of ether oxygens (including phenoxy) is 2. The van der Waals surface area contributed by atoms with Crippen molar-refractivity contribution >= 4 is 33.8 Å². The van der Waals surface area contributed by atoms with Crippen LogP contribution >= 0.6 is 23.5 Å². The lowest BCUT2D eigenvalue weighted by molar-refractivity contribution is -0.108. The van der Waals surface area contributed by atoms with Crippen LogP contribution in [-0.4, -0.2) is 22.6 Å². The predicted octanol–water partition coefficient (Wildman–Crippen LogP) is 5.86. The van der Waals surface area contributed by atoms with Gasteiger partial charge in [-0.05, 0) is 54.0 Å². The Morgan fingerprint density at radius 2 is 1.59 bits per heavy atom. The molecule has 0 aliphatic rings. The molecule has 0 spiro atoms. The molecule has 0 radical (unpaired) electrons. The average molecular weight is 427 g/mol. The van der Waals surface area contributed by atoms with Gasteiger partial charge in [-0.3, -0.25) is 9.59 Å². The third-order valence-corrected chi connectivity index (χ3v) is 5.22. The molecule has 0 aliphatic heterocycles. The summed E-state index contributed by atoms with van der Waals surface area (Å²) >= 11 is 2.22. The molecule has 2 aromatic carbocycles. The number of carbonyl (C=O) groups excluding carboxylic acids is 2. The van der Waals surface area contributed by atoms with Crippen molar-refractivity contribution in [3.63, 3.8) is 0 Å². The van der Waals surface area contributed by atoms with Gasteiger partial charge in [-0.2, -0.15) is 0 Å². The highest BCUT2D eigenvalue weighted by molar-refractivity contribution is 8.16. The fraction of sp³-hybridized carbons (Fsp3) is 0.130. The summed E-state index contributed by atoms with van der Waals surface area (Å²) in [6.07, 6.45) is 2.78. The monoisotopic (exact) mass is 426 g/mol. The van der Waals surface area contributed by atoms with E-state index in [2.05, 4.69) is 13.2 Å². The molecule has 0 aromatic heterocycles. The summed E-state index contributed by atoms with van der Waals surface area (Å²) in [6, 6.07) is 15.4. The van der Waals surface area contributed by atoms with E-state index in [1.165, 1.54) is 24.1 Å². The van der Waals surface area contributed by atoms with Crippen LogP contribution in [0.5, 0.6) is 11.5 Å². The molecule has 2 rings (SSSR count). The zero-order chi connectivity index (χ0) is 21.1. The fourth-order valence-electron chi connectivity index (χ4n) is 2.13. The van der Waals surface area contributed by atoms with Gasteiger partial charge in [-0.15, -0.1) is 0 Å². The van der Waals surface area contributed by atoms with Crippen LogP contribution in [0.3, 0.4) is 0 Å². The zero-order valence-electron chi connectivity index (χ0n) is 16.1. The van der Waals surface area contributed by atoms with Crippen molar-refractivity contribution in [1.82, 2.24) is 0 Å². The van der Waals surface area contributed by atoms with Crippen LogP contribution in [0.25, 0.3) is 11.1 Å². The maximum absolute atomic E-state index is 11.4. The smallest absolute Gasteiger partial charge is 0.218 e. The molecule has 0 fully saturated rings. The van der Waals surface area contributed by atoms with Crippen molar-refractivity contribution < 1.29 is 19.1 Å². The second-order valence-electron chi connectivity index (χ2n) is 5.84. The first-order chi connectivity index (χ1) is 14.0. The van der Waals surface area contributed by atoms with E-state index in [0.717, 1.165) is 28.6 Å². The minimum Gasteiger partial charge on any atom is -0.493 e. The Bertz CT molecular complexity index is 884. The number of carbonyl (C=O) groups is 2. The number of rotatable bonds is 10. The van der Waals surface area contributed by atoms with Crippen molar-refractivity contribution in [2.45, 2.75) is 6.92 Å². The van der Waals surface area contributed by atoms with E-state index in [-0.39, 0.29) is 10.2 Å². The van der Waals surface area contributed by atoms with Gasteiger partial charge in [0.1, 0.15) is 11.5 Å². The fourth-order valence-corrected chi connectivity index (χ4v) is 3.05. The Labute approximate surface area is 179 Å². The average Bonchev–Trinajstić information content (AvgIpc) is 2.74. The third kappa shape index (κ3) is 8.05. The second-order valence-corrected chi connectivity index (χ2v) is 7.82. The van der Waals surface area contributed by atoms with E-state index in [4.69, 9.17) is 9.47 Å². The molecule has 0 unspecified atom stereocenters. The molecule has 0 saturated heterocycles. The van der Waals surface area contributed by atoms with E-state index in [1.807, 2.05) is 48.5 Å². The Hall–Kier alpha value is -2.70. The summed E-state index contributed by atoms with van der Waals surface area (Å²) in [4.78, 5) is 22.6. The normalized spacial score (nSPS) is 10.5. The van der Waals surface area contributed by atoms with Gasteiger partial charge >= 0.3 is 0 Å². The number of benzene rings is 2. The van der Waals surface area contributed by atoms with Crippen LogP contribution in [0.2, 0.25) is 0 Å². The van der Waals surface area contributed by atoms with Crippen LogP contribution in [0, 0.1) is 0 Å². The van der Waals surface area contributed by atoms with Gasteiger partial charge in [0.25, 0.3) is 0 Å². The van der Waals surface area contributed by atoms with E-state index >= 15 is 0 Å². The Morgan fingerprint density at radius 3 is 2.14 bits per heavy atom. The highest BCUT2D eigenvalue weighted by Gasteiger charge is 2.02. The first-order valence-corrected chi connectivity index (χ1v) is 10.7. The molecule has 0 aliphatic carbocycles. The largest absolute Gasteiger partial charge is 0.493 e.